The second-order valence-corrected chi connectivity index (χ2v) is 11.0. The first-order valence-corrected chi connectivity index (χ1v) is 13.9. The fraction of sp³-hybridized carbons (Fsp3) is 0.143. The molecule has 7 rings (SSSR count). The van der Waals surface area contributed by atoms with Crippen LogP contribution in [0.15, 0.2) is 82.9 Å². The van der Waals surface area contributed by atoms with E-state index in [1.54, 1.807) is 11.3 Å². The van der Waals surface area contributed by atoms with E-state index in [0.29, 0.717) is 0 Å². The van der Waals surface area contributed by atoms with Gasteiger partial charge in [0.15, 0.2) is 0 Å². The average Bonchev–Trinajstić information content (AvgIpc) is 3.57. The molecular formula is C35H28IrN2OS-2. The van der Waals surface area contributed by atoms with Crippen molar-refractivity contribution in [2.75, 3.05) is 0 Å². The van der Waals surface area contributed by atoms with Gasteiger partial charge in [-0.3, -0.25) is 0 Å². The number of aromatic nitrogens is 2. The van der Waals surface area contributed by atoms with Gasteiger partial charge in [-0.2, -0.15) is 0 Å². The minimum atomic E-state index is 0. The van der Waals surface area contributed by atoms with Crippen LogP contribution in [0.4, 0.5) is 0 Å². The average molecular weight is 717 g/mol. The van der Waals surface area contributed by atoms with Gasteiger partial charge >= 0.3 is 0 Å². The van der Waals surface area contributed by atoms with E-state index in [1.807, 2.05) is 36.7 Å². The van der Waals surface area contributed by atoms with Crippen molar-refractivity contribution < 1.29 is 24.5 Å². The molecule has 5 heteroatoms. The van der Waals surface area contributed by atoms with E-state index in [0.717, 1.165) is 50.0 Å². The van der Waals surface area contributed by atoms with Gasteiger partial charge in [-0.15, -0.1) is 64.9 Å². The van der Waals surface area contributed by atoms with E-state index in [2.05, 4.69) is 98.5 Å². The third kappa shape index (κ3) is 5.25. The van der Waals surface area contributed by atoms with Crippen LogP contribution in [0.25, 0.3) is 54.5 Å². The summed E-state index contributed by atoms with van der Waals surface area (Å²) >= 11 is 1.74. The van der Waals surface area contributed by atoms with Crippen molar-refractivity contribution in [3.8, 4) is 22.5 Å². The Kier molecular flexibility index (Phi) is 8.00. The van der Waals surface area contributed by atoms with Gasteiger partial charge in [0, 0.05) is 48.0 Å². The van der Waals surface area contributed by atoms with E-state index in [1.165, 1.54) is 32.3 Å². The molecule has 4 heterocycles. The molecule has 0 unspecified atom stereocenters. The van der Waals surface area contributed by atoms with E-state index in [9.17, 15) is 0 Å². The van der Waals surface area contributed by atoms with Crippen molar-refractivity contribution in [3.63, 3.8) is 0 Å². The predicted octanol–water partition coefficient (Wildman–Crippen LogP) is 9.75. The van der Waals surface area contributed by atoms with Crippen molar-refractivity contribution in [2.45, 2.75) is 34.6 Å². The zero-order valence-corrected chi connectivity index (χ0v) is 26.3. The van der Waals surface area contributed by atoms with Crippen LogP contribution in [0.2, 0.25) is 0 Å². The molecular weight excluding hydrogens is 689 g/mol. The van der Waals surface area contributed by atoms with E-state index >= 15 is 0 Å². The van der Waals surface area contributed by atoms with Gasteiger partial charge in [0.2, 0.25) is 0 Å². The van der Waals surface area contributed by atoms with Gasteiger partial charge in [0.1, 0.15) is 5.58 Å². The number of hydrogen-bond donors (Lipinski definition) is 0. The summed E-state index contributed by atoms with van der Waals surface area (Å²) in [6.07, 6.45) is 3.83. The molecule has 0 fully saturated rings. The van der Waals surface area contributed by atoms with Gasteiger partial charge in [-0.05, 0) is 67.7 Å². The number of hydrogen-bond acceptors (Lipinski definition) is 4. The standard InChI is InChI=1S/C22H16NOS.C13H12N.Ir/c1-12-8-17-15-4-5-20-16(6-7-25-20)21(15)24-22(17)18(9-12)19-10-13(2)14(3)11-23-19;1-10-8-13(14-9-11(10)2)12-6-4-3-5-7-12;/h4-8,10-11H,1-3H3;3-6,8-9H,1-2H3;/q2*-1;. The minimum Gasteiger partial charge on any atom is -0.500 e. The smallest absolute Gasteiger partial charge is 0.129 e. The van der Waals surface area contributed by atoms with Crippen LogP contribution < -0.4 is 0 Å². The Morgan fingerprint density at radius 1 is 0.700 bits per heavy atom. The van der Waals surface area contributed by atoms with Crippen molar-refractivity contribution in [3.05, 3.63) is 118 Å². The van der Waals surface area contributed by atoms with Crippen molar-refractivity contribution in [2.24, 2.45) is 0 Å². The van der Waals surface area contributed by atoms with Gasteiger partial charge in [-0.25, -0.2) is 0 Å². The van der Waals surface area contributed by atoms with Crippen LogP contribution in [0, 0.1) is 46.8 Å². The summed E-state index contributed by atoms with van der Waals surface area (Å²) in [4.78, 5) is 9.01. The Morgan fingerprint density at radius 3 is 2.12 bits per heavy atom. The van der Waals surface area contributed by atoms with E-state index in [-0.39, 0.29) is 20.1 Å². The summed E-state index contributed by atoms with van der Waals surface area (Å²) in [7, 11) is 0. The van der Waals surface area contributed by atoms with Gasteiger partial charge in [0.25, 0.3) is 0 Å². The Hall–Kier alpha value is -3.63. The molecule has 201 valence electrons. The first-order chi connectivity index (χ1) is 18.9. The fourth-order valence-electron chi connectivity index (χ4n) is 4.72. The van der Waals surface area contributed by atoms with Crippen molar-refractivity contribution >= 4 is 43.4 Å². The van der Waals surface area contributed by atoms with Gasteiger partial charge in [-0.1, -0.05) is 47.2 Å². The number of pyridine rings is 2. The summed E-state index contributed by atoms with van der Waals surface area (Å²) in [5.41, 5.74) is 11.7. The van der Waals surface area contributed by atoms with Gasteiger partial charge in [0.05, 0.1) is 5.58 Å². The molecule has 40 heavy (non-hydrogen) atoms. The van der Waals surface area contributed by atoms with Crippen molar-refractivity contribution in [1.29, 1.82) is 0 Å². The first-order valence-electron chi connectivity index (χ1n) is 13.0. The number of nitrogens with zero attached hydrogens (tertiary/aromatic N) is 2. The quantitative estimate of drug-likeness (QED) is 0.167. The molecule has 0 N–H and O–H groups in total. The van der Waals surface area contributed by atoms with E-state index < -0.39 is 0 Å². The molecule has 0 spiro atoms. The maximum Gasteiger partial charge on any atom is 0.129 e. The van der Waals surface area contributed by atoms with Crippen LogP contribution in [0.1, 0.15) is 27.8 Å². The Morgan fingerprint density at radius 2 is 1.43 bits per heavy atom. The largest absolute Gasteiger partial charge is 0.500 e. The second-order valence-electron chi connectivity index (χ2n) is 10.0. The summed E-state index contributed by atoms with van der Waals surface area (Å²) in [5.74, 6) is 0. The zero-order chi connectivity index (χ0) is 27.1. The van der Waals surface area contributed by atoms with Crippen molar-refractivity contribution in [1.82, 2.24) is 9.97 Å². The maximum atomic E-state index is 6.37. The zero-order valence-electron chi connectivity index (χ0n) is 23.0. The molecule has 0 amide bonds. The van der Waals surface area contributed by atoms with Gasteiger partial charge < -0.3 is 14.4 Å². The second kappa shape index (κ2) is 11.5. The topological polar surface area (TPSA) is 38.9 Å². The third-order valence-electron chi connectivity index (χ3n) is 7.22. The first kappa shape index (κ1) is 27.9. The summed E-state index contributed by atoms with van der Waals surface area (Å²) < 4.78 is 7.62. The maximum absolute atomic E-state index is 6.37. The molecule has 3 aromatic carbocycles. The fourth-order valence-corrected chi connectivity index (χ4v) is 5.51. The molecule has 4 aromatic heterocycles. The molecule has 0 bridgehead atoms. The molecule has 0 aliphatic rings. The summed E-state index contributed by atoms with van der Waals surface area (Å²) in [6, 6.07) is 27.4. The third-order valence-corrected chi connectivity index (χ3v) is 8.10. The predicted molar refractivity (Wildman–Crippen MR) is 163 cm³/mol. The van der Waals surface area contributed by atoms with Crippen LogP contribution in [-0.4, -0.2) is 9.97 Å². The number of fused-ring (bicyclic) bond motifs is 5. The molecule has 3 nitrogen and oxygen atoms in total. The minimum absolute atomic E-state index is 0. The Labute approximate surface area is 252 Å². The Bertz CT molecular complexity index is 1970. The van der Waals surface area contributed by atoms with Crippen LogP contribution in [0.3, 0.4) is 0 Å². The SMILES string of the molecule is Cc1[c-]c(-c2cc(C)c(C)cn2)c2oc3c4ccsc4ccc3c2c1.Cc1cnc(-c2[c-]cccc2)cc1C.[Ir]. The molecule has 0 atom stereocenters. The number of thiophene rings is 1. The van der Waals surface area contributed by atoms with Crippen LogP contribution >= 0.6 is 11.3 Å². The Balaban J connectivity index is 0.000000184. The molecule has 0 aliphatic heterocycles. The number of furan rings is 1. The van der Waals surface area contributed by atoms with E-state index in [4.69, 9.17) is 4.42 Å². The van der Waals surface area contributed by atoms with Crippen LogP contribution in [-0.2, 0) is 20.1 Å². The summed E-state index contributed by atoms with van der Waals surface area (Å²) in [6.45, 7) is 10.4. The number of aryl methyl sites for hydroxylation is 5. The number of benzene rings is 3. The molecule has 0 aliphatic carbocycles. The molecule has 1 radical (unpaired) electrons. The molecule has 0 saturated carbocycles. The monoisotopic (exact) mass is 717 g/mol. The number of rotatable bonds is 2. The summed E-state index contributed by atoms with van der Waals surface area (Å²) in [5, 5.41) is 5.58. The molecule has 7 aromatic rings. The van der Waals surface area contributed by atoms with Crippen LogP contribution in [0.5, 0.6) is 0 Å². The normalized spacial score (nSPS) is 10.9. The molecule has 0 saturated heterocycles.